The van der Waals surface area contributed by atoms with Gasteiger partial charge >= 0.3 is 12.1 Å². The molecule has 0 radical (unpaired) electrons. The van der Waals surface area contributed by atoms with Crippen molar-refractivity contribution in [2.45, 2.75) is 35.1 Å². The molecule has 0 atom stereocenters. The maximum atomic E-state index is 13.1. The van der Waals surface area contributed by atoms with Gasteiger partial charge in [-0.1, -0.05) is 4.85 Å². The number of nitrogens with one attached hydrogen (secondary N) is 1. The Labute approximate surface area is 226 Å². The molecule has 0 amide bonds. The van der Waals surface area contributed by atoms with E-state index in [9.17, 15) is 34.8 Å². The molecule has 0 spiro atoms. The zero-order valence-corrected chi connectivity index (χ0v) is 22.9. The highest BCUT2D eigenvalue weighted by Gasteiger charge is 2.43. The number of ether oxygens (including phenoxy) is 1. The van der Waals surface area contributed by atoms with Gasteiger partial charge in [0.15, 0.2) is 42.6 Å². The molecule has 0 saturated carbocycles. The van der Waals surface area contributed by atoms with Gasteiger partial charge in [0.1, 0.15) is 5.75 Å². The minimum atomic E-state index is -5.38. The SMILES string of the molecule is CC(C)S(=O)(=O)c1cc(Oc2ccc(S(C)(=O)=O)cc2)c2c(c1)c(Nc1ccn(C)n1)nn2OC(=O)C(F)(F)F. The van der Waals surface area contributed by atoms with Gasteiger partial charge in [0, 0.05) is 31.6 Å². The predicted octanol–water partition coefficient (Wildman–Crippen LogP) is 3.41. The van der Waals surface area contributed by atoms with Crippen molar-refractivity contribution in [3.05, 3.63) is 48.7 Å². The molecule has 0 fully saturated rings. The Hall–Kier alpha value is -4.12. The van der Waals surface area contributed by atoms with Crippen molar-refractivity contribution in [2.75, 3.05) is 11.6 Å². The lowest BCUT2D eigenvalue weighted by atomic mass is 10.2. The standard InChI is InChI=1S/C23H22F3N5O7S2/c1-13(2)40(35,36)16-11-17-20(18(12-16)37-14-5-7-15(8-6-14)39(4,33)34)31(38-22(32)23(24,25)26)29-21(17)27-19-9-10-30(3)28-19/h5-13H,1-4H3,(H,27,28,29). The van der Waals surface area contributed by atoms with E-state index in [0.29, 0.717) is 0 Å². The highest BCUT2D eigenvalue weighted by atomic mass is 32.2. The summed E-state index contributed by atoms with van der Waals surface area (Å²) < 4.78 is 96.3. The van der Waals surface area contributed by atoms with Crippen molar-refractivity contribution in [2.24, 2.45) is 7.05 Å². The van der Waals surface area contributed by atoms with Gasteiger partial charge in [-0.3, -0.25) is 4.68 Å². The van der Waals surface area contributed by atoms with E-state index in [1.54, 1.807) is 13.2 Å². The summed E-state index contributed by atoms with van der Waals surface area (Å²) in [6.45, 7) is 2.87. The number of anilines is 2. The summed E-state index contributed by atoms with van der Waals surface area (Å²) in [5.41, 5.74) is -0.328. The van der Waals surface area contributed by atoms with Crippen LogP contribution in [0, 0.1) is 0 Å². The number of sulfone groups is 2. The second kappa shape index (κ2) is 10.1. The van der Waals surface area contributed by atoms with Gasteiger partial charge in [-0.25, -0.2) is 21.6 Å². The van der Waals surface area contributed by atoms with E-state index in [4.69, 9.17) is 4.74 Å². The van der Waals surface area contributed by atoms with E-state index in [-0.39, 0.29) is 48.7 Å². The third kappa shape index (κ3) is 5.89. The first kappa shape index (κ1) is 28.9. The van der Waals surface area contributed by atoms with Crippen LogP contribution in [-0.4, -0.2) is 60.2 Å². The van der Waals surface area contributed by atoms with Crippen molar-refractivity contribution in [1.82, 2.24) is 19.7 Å². The van der Waals surface area contributed by atoms with Crippen LogP contribution in [0.2, 0.25) is 0 Å². The molecule has 0 aliphatic heterocycles. The number of aromatic nitrogens is 4. The monoisotopic (exact) mass is 601 g/mol. The number of fused-ring (bicyclic) bond motifs is 1. The number of carbonyl (C=O) groups excluding carboxylic acids is 1. The van der Waals surface area contributed by atoms with Gasteiger partial charge in [0.25, 0.3) is 0 Å². The highest BCUT2D eigenvalue weighted by molar-refractivity contribution is 7.92. The van der Waals surface area contributed by atoms with Crippen LogP contribution < -0.4 is 14.9 Å². The first-order chi connectivity index (χ1) is 18.5. The summed E-state index contributed by atoms with van der Waals surface area (Å²) in [4.78, 5) is 16.2. The van der Waals surface area contributed by atoms with Crippen LogP contribution in [0.1, 0.15) is 13.8 Å². The second-order valence-electron chi connectivity index (χ2n) is 8.85. The Bertz CT molecular complexity index is 1810. The fraction of sp³-hybridized carbons (Fsp3) is 0.261. The molecule has 214 valence electrons. The van der Waals surface area contributed by atoms with E-state index >= 15 is 0 Å². The summed E-state index contributed by atoms with van der Waals surface area (Å²) in [5.74, 6) is -2.93. The summed E-state index contributed by atoms with van der Waals surface area (Å²) >= 11 is 0. The topological polar surface area (TPSA) is 151 Å². The fourth-order valence-corrected chi connectivity index (χ4v) is 5.17. The maximum absolute atomic E-state index is 13.1. The van der Waals surface area contributed by atoms with E-state index in [0.717, 1.165) is 18.4 Å². The molecule has 2 aromatic heterocycles. The molecular weight excluding hydrogens is 579 g/mol. The molecule has 1 N–H and O–H groups in total. The Morgan fingerprint density at radius 3 is 2.17 bits per heavy atom. The van der Waals surface area contributed by atoms with Gasteiger partial charge in [0.2, 0.25) is 0 Å². The summed E-state index contributed by atoms with van der Waals surface area (Å²) in [6.07, 6.45) is -2.82. The number of rotatable bonds is 8. The maximum Gasteiger partial charge on any atom is 0.493 e. The van der Waals surface area contributed by atoms with Crippen LogP contribution in [0.15, 0.2) is 58.5 Å². The zero-order valence-electron chi connectivity index (χ0n) is 21.3. The normalized spacial score (nSPS) is 12.6. The van der Waals surface area contributed by atoms with Gasteiger partial charge in [-0.2, -0.15) is 18.3 Å². The molecule has 40 heavy (non-hydrogen) atoms. The molecule has 4 aromatic rings. The third-order valence-corrected chi connectivity index (χ3v) is 8.74. The van der Waals surface area contributed by atoms with Crippen LogP contribution in [0.25, 0.3) is 10.9 Å². The molecule has 12 nitrogen and oxygen atoms in total. The first-order valence-electron chi connectivity index (χ1n) is 11.3. The van der Waals surface area contributed by atoms with Crippen LogP contribution in [0.3, 0.4) is 0 Å². The zero-order chi connectivity index (χ0) is 29.6. The largest absolute Gasteiger partial charge is 0.493 e. The lowest BCUT2D eigenvalue weighted by molar-refractivity contribution is -0.200. The number of halogens is 3. The number of alkyl halides is 3. The number of aryl methyl sites for hydroxylation is 1. The number of carbonyl (C=O) groups is 1. The quantitative estimate of drug-likeness (QED) is 0.318. The predicted molar refractivity (Wildman–Crippen MR) is 136 cm³/mol. The summed E-state index contributed by atoms with van der Waals surface area (Å²) in [5, 5.41) is 9.83. The summed E-state index contributed by atoms with van der Waals surface area (Å²) in [6, 6.07) is 8.70. The molecular formula is C23H22F3N5O7S2. The number of nitrogens with zero attached hydrogens (tertiary/aromatic N) is 4. The summed E-state index contributed by atoms with van der Waals surface area (Å²) in [7, 11) is -5.90. The minimum absolute atomic E-state index is 0.00179. The van der Waals surface area contributed by atoms with Gasteiger partial charge in [-0.05, 0) is 44.2 Å². The first-order valence-corrected chi connectivity index (χ1v) is 14.8. The Balaban J connectivity index is 1.96. The molecule has 0 aliphatic carbocycles. The molecule has 0 saturated heterocycles. The Morgan fingerprint density at radius 1 is 1.00 bits per heavy atom. The lowest BCUT2D eigenvalue weighted by Crippen LogP contribution is -2.33. The van der Waals surface area contributed by atoms with E-state index < -0.39 is 37.1 Å². The number of hydrogen-bond donors (Lipinski definition) is 1. The molecule has 0 aliphatic rings. The second-order valence-corrected chi connectivity index (χ2v) is 13.4. The molecule has 2 aromatic carbocycles. The molecule has 4 rings (SSSR count). The van der Waals surface area contributed by atoms with Gasteiger partial charge in [-0.15, -0.1) is 5.10 Å². The van der Waals surface area contributed by atoms with E-state index in [2.05, 4.69) is 20.4 Å². The smallest absolute Gasteiger partial charge is 0.455 e. The Morgan fingerprint density at radius 2 is 1.65 bits per heavy atom. The molecule has 0 unspecified atom stereocenters. The van der Waals surface area contributed by atoms with Crippen molar-refractivity contribution in [3.63, 3.8) is 0 Å². The average molecular weight is 602 g/mol. The molecule has 0 bridgehead atoms. The Kier molecular flexibility index (Phi) is 7.31. The van der Waals surface area contributed by atoms with Crippen LogP contribution >= 0.6 is 0 Å². The average Bonchev–Trinajstić information content (AvgIpc) is 3.41. The highest BCUT2D eigenvalue weighted by Crippen LogP contribution is 2.38. The van der Waals surface area contributed by atoms with Crippen LogP contribution in [0.4, 0.5) is 24.8 Å². The van der Waals surface area contributed by atoms with Gasteiger partial charge in [0.05, 0.1) is 20.4 Å². The fourth-order valence-electron chi connectivity index (χ4n) is 3.44. The van der Waals surface area contributed by atoms with Crippen molar-refractivity contribution in [3.8, 4) is 11.5 Å². The van der Waals surface area contributed by atoms with Crippen molar-refractivity contribution in [1.29, 1.82) is 0 Å². The number of benzene rings is 2. The van der Waals surface area contributed by atoms with Crippen LogP contribution in [0.5, 0.6) is 11.5 Å². The van der Waals surface area contributed by atoms with Gasteiger partial charge < -0.3 is 14.9 Å². The van der Waals surface area contributed by atoms with Crippen molar-refractivity contribution < 1.29 is 44.4 Å². The minimum Gasteiger partial charge on any atom is -0.455 e. The van der Waals surface area contributed by atoms with Crippen molar-refractivity contribution >= 4 is 48.2 Å². The van der Waals surface area contributed by atoms with E-state index in [1.807, 2.05) is 0 Å². The molecule has 2 heterocycles. The lowest BCUT2D eigenvalue weighted by Gasteiger charge is -2.14. The number of hydrogen-bond acceptors (Lipinski definition) is 10. The van der Waals surface area contributed by atoms with Crippen LogP contribution in [-0.2, 0) is 31.5 Å². The third-order valence-electron chi connectivity index (χ3n) is 5.48. The van der Waals surface area contributed by atoms with E-state index in [1.165, 1.54) is 48.9 Å². The molecule has 17 heteroatoms.